The zero-order chi connectivity index (χ0) is 10.1. The van der Waals surface area contributed by atoms with Crippen LogP contribution in [0, 0.1) is 0 Å². The highest BCUT2D eigenvalue weighted by atomic mass is 32.2. The second kappa shape index (κ2) is 3.63. The van der Waals surface area contributed by atoms with E-state index in [1.165, 1.54) is 0 Å². The smallest absolute Gasteiger partial charge is 0.221 e. The molecule has 1 unspecified atom stereocenters. The maximum absolute atomic E-state index is 11.3. The summed E-state index contributed by atoms with van der Waals surface area (Å²) in [5.41, 5.74) is 0. The van der Waals surface area contributed by atoms with Crippen molar-refractivity contribution in [3.05, 3.63) is 0 Å². The molecule has 1 fully saturated rings. The Labute approximate surface area is 77.9 Å². The van der Waals surface area contributed by atoms with Crippen LogP contribution in [-0.2, 0) is 14.8 Å². The van der Waals surface area contributed by atoms with E-state index >= 15 is 0 Å². The van der Waals surface area contributed by atoms with Crippen LogP contribution in [0.3, 0.4) is 0 Å². The van der Waals surface area contributed by atoms with Crippen LogP contribution in [0.25, 0.3) is 0 Å². The average Bonchev–Trinajstić information content (AvgIpc) is 2.34. The topological polar surface area (TPSA) is 75.3 Å². The van der Waals surface area contributed by atoms with E-state index in [9.17, 15) is 13.2 Å². The highest BCUT2D eigenvalue weighted by Gasteiger charge is 2.27. The average molecular weight is 206 g/mol. The number of carbonyl (C=O) groups excluding carboxylic acids is 1. The van der Waals surface area contributed by atoms with Gasteiger partial charge < -0.3 is 5.32 Å². The quantitative estimate of drug-likeness (QED) is 0.635. The van der Waals surface area contributed by atoms with Gasteiger partial charge in [0.25, 0.3) is 0 Å². The van der Waals surface area contributed by atoms with Gasteiger partial charge in [0.2, 0.25) is 15.9 Å². The molecule has 13 heavy (non-hydrogen) atoms. The molecule has 1 heterocycles. The van der Waals surface area contributed by atoms with Crippen LogP contribution in [0.15, 0.2) is 0 Å². The summed E-state index contributed by atoms with van der Waals surface area (Å²) in [6.45, 7) is 3.60. The first-order valence-corrected chi connectivity index (χ1v) is 5.74. The molecule has 0 aromatic carbocycles. The normalized spacial score (nSPS) is 23.6. The Hall–Kier alpha value is -0.620. The molecule has 1 aliphatic rings. The van der Waals surface area contributed by atoms with E-state index in [4.69, 9.17) is 0 Å². The summed E-state index contributed by atoms with van der Waals surface area (Å²) >= 11 is 0. The molecule has 0 saturated carbocycles. The van der Waals surface area contributed by atoms with Crippen molar-refractivity contribution >= 4 is 15.9 Å². The fourth-order valence-electron chi connectivity index (χ4n) is 1.06. The zero-order valence-corrected chi connectivity index (χ0v) is 8.52. The third-order valence-electron chi connectivity index (χ3n) is 1.93. The lowest BCUT2D eigenvalue weighted by molar-refractivity contribution is -0.119. The van der Waals surface area contributed by atoms with Crippen LogP contribution in [0.4, 0.5) is 0 Å². The van der Waals surface area contributed by atoms with Crippen molar-refractivity contribution in [1.29, 1.82) is 0 Å². The zero-order valence-electron chi connectivity index (χ0n) is 7.70. The molecule has 0 aromatic heterocycles. The van der Waals surface area contributed by atoms with Gasteiger partial charge in [0, 0.05) is 19.0 Å². The third kappa shape index (κ3) is 2.67. The molecule has 1 rings (SSSR count). The van der Waals surface area contributed by atoms with E-state index in [-0.39, 0.29) is 18.4 Å². The van der Waals surface area contributed by atoms with Crippen molar-refractivity contribution in [2.75, 3.05) is 6.54 Å². The predicted octanol–water partition coefficient (Wildman–Crippen LogP) is -0.797. The minimum Gasteiger partial charge on any atom is -0.354 e. The van der Waals surface area contributed by atoms with Gasteiger partial charge in [0.1, 0.15) is 0 Å². The first kappa shape index (κ1) is 10.5. The molecule has 0 aliphatic carbocycles. The van der Waals surface area contributed by atoms with Gasteiger partial charge in [0.15, 0.2) is 0 Å². The molecule has 1 aliphatic heterocycles. The Kier molecular flexibility index (Phi) is 2.92. The maximum Gasteiger partial charge on any atom is 0.221 e. The lowest BCUT2D eigenvalue weighted by atomic mass is 10.3. The van der Waals surface area contributed by atoms with Crippen molar-refractivity contribution < 1.29 is 13.2 Å². The number of carbonyl (C=O) groups is 1. The molecule has 0 aromatic rings. The third-order valence-corrected chi connectivity index (χ3v) is 3.83. The number of hydrogen-bond donors (Lipinski definition) is 2. The highest BCUT2D eigenvalue weighted by Crippen LogP contribution is 2.04. The molecule has 2 N–H and O–H groups in total. The summed E-state index contributed by atoms with van der Waals surface area (Å²) in [5.74, 6) is -0.101. The summed E-state index contributed by atoms with van der Waals surface area (Å²) in [5, 5.41) is 2.11. The second-order valence-corrected chi connectivity index (χ2v) is 5.69. The molecular formula is C7H14N2O3S. The number of amides is 1. The first-order valence-electron chi connectivity index (χ1n) is 4.19. The van der Waals surface area contributed by atoms with Gasteiger partial charge >= 0.3 is 0 Å². The lowest BCUT2D eigenvalue weighted by Gasteiger charge is -2.13. The molecule has 0 spiro atoms. The largest absolute Gasteiger partial charge is 0.354 e. The minimum atomic E-state index is -3.25. The van der Waals surface area contributed by atoms with Gasteiger partial charge in [-0.05, 0) is 13.8 Å². The Morgan fingerprint density at radius 3 is 2.54 bits per heavy atom. The second-order valence-electron chi connectivity index (χ2n) is 3.42. The molecule has 6 heteroatoms. The summed E-state index contributed by atoms with van der Waals surface area (Å²) in [7, 11) is -3.25. The summed E-state index contributed by atoms with van der Waals surface area (Å²) in [6, 6.07) is -0.278. The summed E-state index contributed by atoms with van der Waals surface area (Å²) < 4.78 is 25.2. The van der Waals surface area contributed by atoms with E-state index in [1.807, 2.05) is 0 Å². The van der Waals surface area contributed by atoms with E-state index in [0.29, 0.717) is 6.54 Å². The Morgan fingerprint density at radius 2 is 2.15 bits per heavy atom. The van der Waals surface area contributed by atoms with Crippen LogP contribution in [0.5, 0.6) is 0 Å². The number of hydrogen-bond acceptors (Lipinski definition) is 3. The van der Waals surface area contributed by atoms with Crippen LogP contribution < -0.4 is 10.0 Å². The Balaban J connectivity index is 2.55. The molecule has 0 bridgehead atoms. The summed E-state index contributed by atoms with van der Waals surface area (Å²) in [6.07, 6.45) is 0.242. The van der Waals surface area contributed by atoms with Gasteiger partial charge in [-0.1, -0.05) is 0 Å². The fourth-order valence-corrected chi connectivity index (χ4v) is 1.96. The highest BCUT2D eigenvalue weighted by molar-refractivity contribution is 7.90. The lowest BCUT2D eigenvalue weighted by Crippen LogP contribution is -2.40. The molecule has 1 atom stereocenters. The molecular weight excluding hydrogens is 192 g/mol. The van der Waals surface area contributed by atoms with Crippen molar-refractivity contribution in [2.45, 2.75) is 31.6 Å². The van der Waals surface area contributed by atoms with Gasteiger partial charge in [-0.2, -0.15) is 0 Å². The first-order chi connectivity index (χ1) is 5.92. The molecule has 5 nitrogen and oxygen atoms in total. The molecule has 1 amide bonds. The molecule has 1 saturated heterocycles. The number of rotatable bonds is 3. The monoisotopic (exact) mass is 206 g/mol. The predicted molar refractivity (Wildman–Crippen MR) is 48.6 cm³/mol. The van der Waals surface area contributed by atoms with Crippen molar-refractivity contribution in [2.24, 2.45) is 0 Å². The van der Waals surface area contributed by atoms with Crippen LogP contribution in [0.2, 0.25) is 0 Å². The van der Waals surface area contributed by atoms with E-state index in [1.54, 1.807) is 13.8 Å². The maximum atomic E-state index is 11.3. The van der Waals surface area contributed by atoms with Gasteiger partial charge in [0.05, 0.1) is 5.25 Å². The fraction of sp³-hybridized carbons (Fsp3) is 0.857. The number of nitrogens with one attached hydrogen (secondary N) is 2. The standard InChI is InChI=1S/C7H14N2O3S/c1-5(2)13(11,12)9-6-3-7(10)8-4-6/h5-6,9H,3-4H2,1-2H3,(H,8,10). The van der Waals surface area contributed by atoms with E-state index in [0.717, 1.165) is 0 Å². The van der Waals surface area contributed by atoms with Crippen molar-refractivity contribution in [3.8, 4) is 0 Å². The van der Waals surface area contributed by atoms with Crippen molar-refractivity contribution in [1.82, 2.24) is 10.0 Å². The molecule has 0 radical (unpaired) electrons. The number of sulfonamides is 1. The SMILES string of the molecule is CC(C)S(=O)(=O)NC1CNC(=O)C1. The van der Waals surface area contributed by atoms with Crippen LogP contribution in [0.1, 0.15) is 20.3 Å². The van der Waals surface area contributed by atoms with E-state index < -0.39 is 15.3 Å². The van der Waals surface area contributed by atoms with Gasteiger partial charge in [-0.25, -0.2) is 13.1 Å². The van der Waals surface area contributed by atoms with Gasteiger partial charge in [-0.3, -0.25) is 4.79 Å². The summed E-state index contributed by atoms with van der Waals surface area (Å²) in [4.78, 5) is 10.8. The van der Waals surface area contributed by atoms with Crippen LogP contribution >= 0.6 is 0 Å². The Bertz CT molecular complexity index is 297. The van der Waals surface area contributed by atoms with Crippen LogP contribution in [-0.4, -0.2) is 32.2 Å². The van der Waals surface area contributed by atoms with Gasteiger partial charge in [-0.15, -0.1) is 0 Å². The molecule has 76 valence electrons. The minimum absolute atomic E-state index is 0.101. The van der Waals surface area contributed by atoms with Crippen molar-refractivity contribution in [3.63, 3.8) is 0 Å². The Morgan fingerprint density at radius 1 is 1.54 bits per heavy atom. The van der Waals surface area contributed by atoms with E-state index in [2.05, 4.69) is 10.0 Å².